The van der Waals surface area contributed by atoms with Crippen LogP contribution in [0.5, 0.6) is 0 Å². The van der Waals surface area contributed by atoms with Crippen LogP contribution in [0.3, 0.4) is 0 Å². The summed E-state index contributed by atoms with van der Waals surface area (Å²) in [6, 6.07) is 8.45. The van der Waals surface area contributed by atoms with Crippen LogP contribution in [0, 0.1) is 0 Å². The molecule has 28 heavy (non-hydrogen) atoms. The molecule has 1 saturated heterocycles. The number of rotatable bonds is 6. The Balaban J connectivity index is 1.93. The van der Waals surface area contributed by atoms with E-state index in [0.29, 0.717) is 12.5 Å². The van der Waals surface area contributed by atoms with Crippen molar-refractivity contribution in [1.82, 2.24) is 5.32 Å². The largest absolute Gasteiger partial charge is 0.494 e. The number of hydrogen-bond acceptors (Lipinski definition) is 4. The third-order valence-electron chi connectivity index (χ3n) is 5.59. The topological polar surface area (TPSA) is 56.8 Å². The Morgan fingerprint density at radius 2 is 1.64 bits per heavy atom. The van der Waals surface area contributed by atoms with Gasteiger partial charge in [-0.15, -0.1) is 0 Å². The minimum atomic E-state index is -0.475. The van der Waals surface area contributed by atoms with E-state index in [-0.39, 0.29) is 24.4 Å². The highest BCUT2D eigenvalue weighted by molar-refractivity contribution is 6.62. The normalized spacial score (nSPS) is 19.4. The van der Waals surface area contributed by atoms with Crippen LogP contribution in [0.1, 0.15) is 79.7 Å². The van der Waals surface area contributed by atoms with Gasteiger partial charge in [0.05, 0.1) is 11.2 Å². The highest BCUT2D eigenvalue weighted by atomic mass is 16.7. The maximum Gasteiger partial charge on any atom is 0.494 e. The molecule has 0 aromatic heterocycles. The second-order valence-corrected chi connectivity index (χ2v) is 9.58. The summed E-state index contributed by atoms with van der Waals surface area (Å²) in [7, 11) is -0.340. The smallest absolute Gasteiger partial charge is 0.444 e. The van der Waals surface area contributed by atoms with E-state index in [1.54, 1.807) is 0 Å². The zero-order valence-electron chi connectivity index (χ0n) is 18.7. The summed E-state index contributed by atoms with van der Waals surface area (Å²) in [5, 5.41) is 2.85. The van der Waals surface area contributed by atoms with Gasteiger partial charge in [-0.05, 0) is 78.3 Å². The van der Waals surface area contributed by atoms with Gasteiger partial charge in [-0.3, -0.25) is 0 Å². The van der Waals surface area contributed by atoms with Crippen molar-refractivity contribution in [3.63, 3.8) is 0 Å². The summed E-state index contributed by atoms with van der Waals surface area (Å²) in [4.78, 5) is 11.8. The Morgan fingerprint density at radius 1 is 1.11 bits per heavy atom. The highest BCUT2D eigenvalue weighted by Crippen LogP contribution is 2.36. The van der Waals surface area contributed by atoms with Crippen molar-refractivity contribution in [1.29, 1.82) is 0 Å². The molecule has 0 aliphatic carbocycles. The molecule has 1 heterocycles. The first kappa shape index (κ1) is 22.8. The predicted octanol–water partition coefficient (Wildman–Crippen LogP) is 4.39. The fourth-order valence-corrected chi connectivity index (χ4v) is 3.17. The van der Waals surface area contributed by atoms with E-state index in [4.69, 9.17) is 14.0 Å². The molecular formula is C22H36BNO4. The van der Waals surface area contributed by atoms with Crippen molar-refractivity contribution in [2.24, 2.45) is 0 Å². The van der Waals surface area contributed by atoms with E-state index in [1.165, 1.54) is 5.56 Å². The van der Waals surface area contributed by atoms with Gasteiger partial charge in [0, 0.05) is 6.54 Å². The molecule has 1 amide bonds. The van der Waals surface area contributed by atoms with E-state index in [0.717, 1.165) is 18.3 Å². The molecule has 2 rings (SSSR count). The van der Waals surface area contributed by atoms with Crippen molar-refractivity contribution in [3.8, 4) is 0 Å². The molecule has 1 N–H and O–H groups in total. The van der Waals surface area contributed by atoms with Crippen molar-refractivity contribution >= 4 is 18.7 Å². The number of benzene rings is 1. The van der Waals surface area contributed by atoms with Crippen molar-refractivity contribution < 1.29 is 18.8 Å². The van der Waals surface area contributed by atoms with Crippen LogP contribution < -0.4 is 10.8 Å². The van der Waals surface area contributed by atoms with E-state index < -0.39 is 5.60 Å². The Bertz CT molecular complexity index is 648. The molecular weight excluding hydrogens is 353 g/mol. The standard InChI is InChI=1S/C22H36BNO4/c1-9-16(14-15-24-19(25)26-20(2,3)4)17-10-12-18(13-11-17)23-27-21(5,6)22(7,8)28-23/h10-13,16H,9,14-15H2,1-8H3,(H,24,25). The highest BCUT2D eigenvalue weighted by Gasteiger charge is 2.51. The molecule has 6 heteroatoms. The Kier molecular flexibility index (Phi) is 6.88. The first-order chi connectivity index (χ1) is 12.8. The number of carbonyl (C=O) groups excluding carboxylic acids is 1. The molecule has 1 unspecified atom stereocenters. The molecule has 0 spiro atoms. The van der Waals surface area contributed by atoms with Crippen LogP contribution in [0.25, 0.3) is 0 Å². The van der Waals surface area contributed by atoms with Gasteiger partial charge < -0.3 is 19.4 Å². The van der Waals surface area contributed by atoms with Crippen LogP contribution in [-0.2, 0) is 14.0 Å². The van der Waals surface area contributed by atoms with Gasteiger partial charge in [-0.25, -0.2) is 4.79 Å². The van der Waals surface area contributed by atoms with E-state index in [9.17, 15) is 4.79 Å². The second kappa shape index (κ2) is 8.46. The minimum absolute atomic E-state index is 0.338. The average Bonchev–Trinajstić information content (AvgIpc) is 2.78. The lowest BCUT2D eigenvalue weighted by Gasteiger charge is -2.32. The third-order valence-corrected chi connectivity index (χ3v) is 5.59. The summed E-state index contributed by atoms with van der Waals surface area (Å²) in [6.07, 6.45) is 1.51. The number of hydrogen-bond donors (Lipinski definition) is 1. The summed E-state index contributed by atoms with van der Waals surface area (Å²) in [6.45, 7) is 16.6. The van der Waals surface area contributed by atoms with Gasteiger partial charge in [0.2, 0.25) is 0 Å². The fourth-order valence-electron chi connectivity index (χ4n) is 3.17. The van der Waals surface area contributed by atoms with Gasteiger partial charge in [0.25, 0.3) is 0 Å². The van der Waals surface area contributed by atoms with Crippen LogP contribution in [0.4, 0.5) is 4.79 Å². The lowest BCUT2D eigenvalue weighted by Crippen LogP contribution is -2.41. The first-order valence-corrected chi connectivity index (χ1v) is 10.3. The third kappa shape index (κ3) is 5.74. The quantitative estimate of drug-likeness (QED) is 0.733. The Labute approximate surface area is 170 Å². The molecule has 5 nitrogen and oxygen atoms in total. The van der Waals surface area contributed by atoms with E-state index in [1.807, 2.05) is 20.8 Å². The van der Waals surface area contributed by atoms with Crippen molar-refractivity contribution in [2.75, 3.05) is 6.54 Å². The number of carbonyl (C=O) groups is 1. The van der Waals surface area contributed by atoms with E-state index in [2.05, 4.69) is 64.2 Å². The van der Waals surface area contributed by atoms with E-state index >= 15 is 0 Å². The Morgan fingerprint density at radius 3 is 2.11 bits per heavy atom. The lowest BCUT2D eigenvalue weighted by atomic mass is 9.78. The fraction of sp³-hybridized carbons (Fsp3) is 0.682. The molecule has 0 bridgehead atoms. The summed E-state index contributed by atoms with van der Waals surface area (Å²) >= 11 is 0. The van der Waals surface area contributed by atoms with Gasteiger partial charge in [-0.2, -0.15) is 0 Å². The van der Waals surface area contributed by atoms with Gasteiger partial charge >= 0.3 is 13.2 Å². The van der Waals surface area contributed by atoms with Gasteiger partial charge in [0.15, 0.2) is 0 Å². The zero-order chi connectivity index (χ0) is 21.2. The SMILES string of the molecule is CCC(CCNC(=O)OC(C)(C)C)c1ccc(B2OC(C)(C)C(C)(C)O2)cc1. The molecule has 1 aromatic rings. The predicted molar refractivity (Wildman–Crippen MR) is 114 cm³/mol. The summed E-state index contributed by atoms with van der Waals surface area (Å²) < 4.78 is 17.5. The number of amides is 1. The lowest BCUT2D eigenvalue weighted by molar-refractivity contribution is 0.00578. The monoisotopic (exact) mass is 389 g/mol. The summed E-state index contributed by atoms with van der Waals surface area (Å²) in [5.41, 5.74) is 1.14. The molecule has 0 saturated carbocycles. The van der Waals surface area contributed by atoms with Crippen molar-refractivity contribution in [2.45, 2.75) is 91.0 Å². The average molecular weight is 389 g/mol. The van der Waals surface area contributed by atoms with Crippen LogP contribution in [0.15, 0.2) is 24.3 Å². The first-order valence-electron chi connectivity index (χ1n) is 10.3. The Hall–Kier alpha value is -1.53. The molecule has 1 atom stereocenters. The molecule has 1 fully saturated rings. The van der Waals surface area contributed by atoms with Crippen LogP contribution >= 0.6 is 0 Å². The number of nitrogens with one attached hydrogen (secondary N) is 1. The van der Waals surface area contributed by atoms with Gasteiger partial charge in [-0.1, -0.05) is 31.2 Å². The number of alkyl carbamates (subject to hydrolysis) is 1. The maximum atomic E-state index is 11.8. The molecule has 1 aliphatic rings. The van der Waals surface area contributed by atoms with Crippen LogP contribution in [-0.4, -0.2) is 36.6 Å². The second-order valence-electron chi connectivity index (χ2n) is 9.58. The zero-order valence-corrected chi connectivity index (χ0v) is 18.7. The minimum Gasteiger partial charge on any atom is -0.444 e. The molecule has 156 valence electrons. The van der Waals surface area contributed by atoms with Gasteiger partial charge in [0.1, 0.15) is 5.60 Å². The summed E-state index contributed by atoms with van der Waals surface area (Å²) in [5.74, 6) is 0.377. The maximum absolute atomic E-state index is 11.8. The van der Waals surface area contributed by atoms with Crippen molar-refractivity contribution in [3.05, 3.63) is 29.8 Å². The van der Waals surface area contributed by atoms with Crippen LogP contribution in [0.2, 0.25) is 0 Å². The molecule has 1 aliphatic heterocycles. The molecule has 0 radical (unpaired) electrons. The molecule has 1 aromatic carbocycles. The number of ether oxygens (including phenoxy) is 1.